The lowest BCUT2D eigenvalue weighted by Gasteiger charge is -2.32. The molecule has 8 nitrogen and oxygen atoms in total. The number of aromatic amines is 1. The molecular weight excluding hydrogens is 298 g/mol. The lowest BCUT2D eigenvalue weighted by atomic mass is 9.89. The van der Waals surface area contributed by atoms with Crippen LogP contribution in [0.15, 0.2) is 18.2 Å². The monoisotopic (exact) mass is 315 g/mol. The van der Waals surface area contributed by atoms with Gasteiger partial charge in [0.2, 0.25) is 0 Å². The fourth-order valence-corrected chi connectivity index (χ4v) is 3.66. The van der Waals surface area contributed by atoms with E-state index in [1.165, 1.54) is 4.90 Å². The largest absolute Gasteiger partial charge is 0.465 e. The summed E-state index contributed by atoms with van der Waals surface area (Å²) in [5.74, 6) is 0.607. The average molecular weight is 315 g/mol. The first-order valence-corrected chi connectivity index (χ1v) is 7.69. The molecule has 0 spiro atoms. The van der Waals surface area contributed by atoms with Crippen LogP contribution in [0.3, 0.4) is 0 Å². The number of amides is 2. The van der Waals surface area contributed by atoms with Crippen molar-refractivity contribution in [3.63, 3.8) is 0 Å². The van der Waals surface area contributed by atoms with Gasteiger partial charge >= 0.3 is 6.09 Å². The third-order valence-electron chi connectivity index (χ3n) is 4.92. The highest BCUT2D eigenvalue weighted by atomic mass is 16.4. The molecule has 1 aromatic heterocycles. The highest BCUT2D eigenvalue weighted by Gasteiger charge is 2.40. The van der Waals surface area contributed by atoms with Crippen molar-refractivity contribution in [1.82, 2.24) is 25.2 Å². The lowest BCUT2D eigenvalue weighted by molar-refractivity contribution is 0.0784. The van der Waals surface area contributed by atoms with Gasteiger partial charge in [-0.05, 0) is 36.5 Å². The number of hydrogen-bond acceptors (Lipinski definition) is 4. The zero-order chi connectivity index (χ0) is 16.0. The van der Waals surface area contributed by atoms with E-state index in [9.17, 15) is 9.59 Å². The van der Waals surface area contributed by atoms with Crippen molar-refractivity contribution >= 4 is 23.0 Å². The van der Waals surface area contributed by atoms with E-state index in [4.69, 9.17) is 5.11 Å². The first kappa shape index (κ1) is 14.0. The molecule has 1 aromatic carbocycles. The second kappa shape index (κ2) is 5.22. The minimum absolute atomic E-state index is 0.0221. The molecule has 120 valence electrons. The van der Waals surface area contributed by atoms with Crippen molar-refractivity contribution in [1.29, 1.82) is 0 Å². The van der Waals surface area contributed by atoms with Crippen LogP contribution < -0.4 is 0 Å². The Morgan fingerprint density at radius 3 is 2.65 bits per heavy atom. The molecule has 2 amide bonds. The quantitative estimate of drug-likeness (QED) is 0.818. The van der Waals surface area contributed by atoms with Crippen LogP contribution in [-0.4, -0.2) is 68.5 Å². The van der Waals surface area contributed by atoms with E-state index in [-0.39, 0.29) is 11.8 Å². The van der Waals surface area contributed by atoms with E-state index < -0.39 is 6.09 Å². The summed E-state index contributed by atoms with van der Waals surface area (Å²) in [5, 5.41) is 19.7. The first-order chi connectivity index (χ1) is 11.1. The molecule has 0 aliphatic carbocycles. The number of carbonyl (C=O) groups is 2. The summed E-state index contributed by atoms with van der Waals surface area (Å²) in [5.41, 5.74) is 2.00. The number of H-pyrrole nitrogens is 1. The van der Waals surface area contributed by atoms with Crippen LogP contribution in [0.1, 0.15) is 16.8 Å². The molecule has 2 aliphatic heterocycles. The summed E-state index contributed by atoms with van der Waals surface area (Å²) in [6.45, 7) is 2.40. The second-order valence-corrected chi connectivity index (χ2v) is 6.27. The molecule has 23 heavy (non-hydrogen) atoms. The number of carbonyl (C=O) groups excluding carboxylic acids is 1. The van der Waals surface area contributed by atoms with Crippen molar-refractivity contribution in [2.45, 2.75) is 6.42 Å². The maximum Gasteiger partial charge on any atom is 0.407 e. The fourth-order valence-electron chi connectivity index (χ4n) is 3.66. The molecule has 0 saturated carbocycles. The SMILES string of the molecule is O=C(O)N1CC[C@H]2CN(C(=O)c3ccc4n[nH]nc4c3)C[C@@H]2C1. The summed E-state index contributed by atoms with van der Waals surface area (Å²) in [6, 6.07) is 5.28. The van der Waals surface area contributed by atoms with Gasteiger partial charge in [-0.2, -0.15) is 15.4 Å². The highest BCUT2D eigenvalue weighted by molar-refractivity contribution is 5.97. The van der Waals surface area contributed by atoms with Crippen molar-refractivity contribution < 1.29 is 14.7 Å². The van der Waals surface area contributed by atoms with Gasteiger partial charge in [0.05, 0.1) is 0 Å². The zero-order valence-electron chi connectivity index (χ0n) is 12.5. The Labute approximate surface area is 132 Å². The maximum absolute atomic E-state index is 12.7. The Morgan fingerprint density at radius 2 is 1.83 bits per heavy atom. The van der Waals surface area contributed by atoms with Crippen LogP contribution in [-0.2, 0) is 0 Å². The molecule has 4 rings (SSSR count). The number of piperidine rings is 1. The molecule has 3 heterocycles. The van der Waals surface area contributed by atoms with Crippen LogP contribution in [0.2, 0.25) is 0 Å². The number of hydrogen-bond donors (Lipinski definition) is 2. The van der Waals surface area contributed by atoms with E-state index in [0.29, 0.717) is 43.2 Å². The van der Waals surface area contributed by atoms with Crippen molar-refractivity contribution in [3.8, 4) is 0 Å². The van der Waals surface area contributed by atoms with Crippen molar-refractivity contribution in [2.75, 3.05) is 26.2 Å². The molecule has 0 bridgehead atoms. The molecule has 2 fully saturated rings. The highest BCUT2D eigenvalue weighted by Crippen LogP contribution is 2.32. The van der Waals surface area contributed by atoms with Crippen LogP contribution in [0.25, 0.3) is 11.0 Å². The van der Waals surface area contributed by atoms with E-state index in [1.54, 1.807) is 18.2 Å². The first-order valence-electron chi connectivity index (χ1n) is 7.69. The van der Waals surface area contributed by atoms with Gasteiger partial charge in [0, 0.05) is 31.7 Å². The topological polar surface area (TPSA) is 102 Å². The van der Waals surface area contributed by atoms with E-state index in [1.807, 2.05) is 4.90 Å². The number of likely N-dealkylation sites (tertiary alicyclic amines) is 2. The minimum Gasteiger partial charge on any atom is -0.465 e. The molecule has 8 heteroatoms. The molecule has 2 aliphatic rings. The summed E-state index contributed by atoms with van der Waals surface area (Å²) in [6.07, 6.45) is -0.0482. The number of nitrogens with one attached hydrogen (secondary N) is 1. The Morgan fingerprint density at radius 1 is 1.09 bits per heavy atom. The van der Waals surface area contributed by atoms with Crippen LogP contribution >= 0.6 is 0 Å². The Kier molecular flexibility index (Phi) is 3.17. The number of aromatic nitrogens is 3. The number of nitrogens with zero attached hydrogens (tertiary/aromatic N) is 4. The van der Waals surface area contributed by atoms with Gasteiger partial charge in [-0.25, -0.2) is 4.79 Å². The van der Waals surface area contributed by atoms with Gasteiger partial charge < -0.3 is 14.9 Å². The summed E-state index contributed by atoms with van der Waals surface area (Å²) in [7, 11) is 0. The van der Waals surface area contributed by atoms with Crippen molar-refractivity contribution in [3.05, 3.63) is 23.8 Å². The summed E-state index contributed by atoms with van der Waals surface area (Å²) < 4.78 is 0. The molecule has 2 atom stereocenters. The van der Waals surface area contributed by atoms with Crippen LogP contribution in [0, 0.1) is 11.8 Å². The fraction of sp³-hybridized carbons (Fsp3) is 0.467. The average Bonchev–Trinajstić information content (AvgIpc) is 3.18. The molecule has 0 unspecified atom stereocenters. The normalized spacial score (nSPS) is 24.0. The number of fused-ring (bicyclic) bond motifs is 2. The third kappa shape index (κ3) is 2.39. The lowest BCUT2D eigenvalue weighted by Crippen LogP contribution is -2.42. The number of carboxylic acid groups (broad SMARTS) is 1. The van der Waals surface area contributed by atoms with Crippen LogP contribution in [0.4, 0.5) is 4.79 Å². The Balaban J connectivity index is 1.50. The van der Waals surface area contributed by atoms with Gasteiger partial charge in [-0.3, -0.25) is 4.79 Å². The van der Waals surface area contributed by atoms with Gasteiger partial charge in [-0.1, -0.05) is 0 Å². The maximum atomic E-state index is 12.7. The number of rotatable bonds is 1. The third-order valence-corrected chi connectivity index (χ3v) is 4.92. The molecule has 2 saturated heterocycles. The van der Waals surface area contributed by atoms with Gasteiger partial charge in [0.1, 0.15) is 11.0 Å². The smallest absolute Gasteiger partial charge is 0.407 e. The zero-order valence-corrected chi connectivity index (χ0v) is 12.5. The molecule has 2 N–H and O–H groups in total. The predicted molar refractivity (Wildman–Crippen MR) is 81.0 cm³/mol. The molecular formula is C15H17N5O3. The second-order valence-electron chi connectivity index (χ2n) is 6.27. The number of benzene rings is 1. The Bertz CT molecular complexity index is 773. The van der Waals surface area contributed by atoms with Crippen LogP contribution in [0.5, 0.6) is 0 Å². The minimum atomic E-state index is -0.871. The van der Waals surface area contributed by atoms with E-state index in [2.05, 4.69) is 15.4 Å². The summed E-state index contributed by atoms with van der Waals surface area (Å²) in [4.78, 5) is 27.1. The standard InChI is InChI=1S/C15H17N5O3/c21-14(9-1-2-12-13(5-9)17-18-16-12)20-6-10-3-4-19(15(22)23)7-11(10)8-20/h1-2,5,10-11H,3-4,6-8H2,(H,22,23)(H,16,17,18)/t10-,11-/m0/s1. The predicted octanol–water partition coefficient (Wildman–Crippen LogP) is 1.03. The summed E-state index contributed by atoms with van der Waals surface area (Å²) >= 11 is 0. The van der Waals surface area contributed by atoms with E-state index in [0.717, 1.165) is 11.9 Å². The van der Waals surface area contributed by atoms with Gasteiger partial charge in [0.25, 0.3) is 5.91 Å². The van der Waals surface area contributed by atoms with Gasteiger partial charge in [0.15, 0.2) is 0 Å². The van der Waals surface area contributed by atoms with E-state index >= 15 is 0 Å². The molecule has 0 radical (unpaired) electrons. The Hall–Kier alpha value is -2.64. The molecule has 2 aromatic rings. The van der Waals surface area contributed by atoms with Gasteiger partial charge in [-0.15, -0.1) is 0 Å². The van der Waals surface area contributed by atoms with Crippen molar-refractivity contribution in [2.24, 2.45) is 11.8 Å².